The molecule has 0 aromatic heterocycles. The van der Waals surface area contributed by atoms with Gasteiger partial charge in [0.15, 0.2) is 0 Å². The fourth-order valence-electron chi connectivity index (χ4n) is 3.39. The molecule has 2 saturated carbocycles. The Kier molecular flexibility index (Phi) is 4.29. The Bertz CT molecular complexity index is 205. The minimum atomic E-state index is 0.849. The van der Waals surface area contributed by atoms with E-state index in [1.807, 2.05) is 0 Å². The fourth-order valence-corrected chi connectivity index (χ4v) is 3.39. The van der Waals surface area contributed by atoms with Crippen LogP contribution in [0.1, 0.15) is 59.3 Å². The lowest BCUT2D eigenvalue weighted by Gasteiger charge is -2.40. The first kappa shape index (κ1) is 12.4. The highest BCUT2D eigenvalue weighted by Gasteiger charge is 2.31. The summed E-state index contributed by atoms with van der Waals surface area (Å²) in [6.07, 6.45) is 8.73. The molecule has 0 bridgehead atoms. The van der Waals surface area contributed by atoms with Gasteiger partial charge in [0.1, 0.15) is 0 Å². The van der Waals surface area contributed by atoms with E-state index >= 15 is 0 Å². The Morgan fingerprint density at radius 1 is 1.12 bits per heavy atom. The molecule has 0 aliphatic heterocycles. The van der Waals surface area contributed by atoms with Gasteiger partial charge in [-0.2, -0.15) is 0 Å². The zero-order valence-electron chi connectivity index (χ0n) is 11.3. The third kappa shape index (κ3) is 3.00. The molecular weight excluding hydrogens is 194 g/mol. The quantitative estimate of drug-likeness (QED) is 0.763. The Labute approximate surface area is 101 Å². The summed E-state index contributed by atoms with van der Waals surface area (Å²) in [5.74, 6) is 3.82. The summed E-state index contributed by atoms with van der Waals surface area (Å²) >= 11 is 0. The SMILES string of the molecule is CC(C)C1CC(NCC2CCCCC2C)C1. The van der Waals surface area contributed by atoms with Gasteiger partial charge >= 0.3 is 0 Å². The van der Waals surface area contributed by atoms with Gasteiger partial charge < -0.3 is 5.32 Å². The zero-order chi connectivity index (χ0) is 11.5. The van der Waals surface area contributed by atoms with Crippen LogP contribution in [0.15, 0.2) is 0 Å². The van der Waals surface area contributed by atoms with E-state index in [4.69, 9.17) is 0 Å². The van der Waals surface area contributed by atoms with Crippen LogP contribution >= 0.6 is 0 Å². The molecule has 2 fully saturated rings. The molecule has 0 radical (unpaired) electrons. The van der Waals surface area contributed by atoms with Crippen molar-refractivity contribution in [2.75, 3.05) is 6.54 Å². The van der Waals surface area contributed by atoms with Gasteiger partial charge in [-0.1, -0.05) is 40.0 Å². The molecular formula is C15H29N. The molecule has 0 spiro atoms. The maximum absolute atomic E-state index is 3.80. The van der Waals surface area contributed by atoms with E-state index in [0.29, 0.717) is 0 Å². The molecule has 0 amide bonds. The number of hydrogen-bond acceptors (Lipinski definition) is 1. The molecule has 0 heterocycles. The average molecular weight is 223 g/mol. The molecule has 1 heteroatoms. The maximum atomic E-state index is 3.80. The minimum Gasteiger partial charge on any atom is -0.314 e. The van der Waals surface area contributed by atoms with Gasteiger partial charge in [0.05, 0.1) is 0 Å². The van der Waals surface area contributed by atoms with Crippen LogP contribution in [0, 0.1) is 23.7 Å². The van der Waals surface area contributed by atoms with E-state index in [1.54, 1.807) is 0 Å². The first-order valence-electron chi connectivity index (χ1n) is 7.40. The van der Waals surface area contributed by atoms with Crippen LogP contribution < -0.4 is 5.32 Å². The van der Waals surface area contributed by atoms with E-state index in [1.165, 1.54) is 45.1 Å². The van der Waals surface area contributed by atoms with Crippen LogP contribution in [0.3, 0.4) is 0 Å². The first-order chi connectivity index (χ1) is 7.66. The van der Waals surface area contributed by atoms with Crippen molar-refractivity contribution in [2.24, 2.45) is 23.7 Å². The van der Waals surface area contributed by atoms with E-state index in [-0.39, 0.29) is 0 Å². The minimum absolute atomic E-state index is 0.849. The second kappa shape index (κ2) is 5.53. The van der Waals surface area contributed by atoms with Crippen LogP contribution in [-0.4, -0.2) is 12.6 Å². The Morgan fingerprint density at radius 2 is 1.81 bits per heavy atom. The molecule has 0 saturated heterocycles. The van der Waals surface area contributed by atoms with Gasteiger partial charge in [0.25, 0.3) is 0 Å². The van der Waals surface area contributed by atoms with Crippen molar-refractivity contribution >= 4 is 0 Å². The predicted molar refractivity (Wildman–Crippen MR) is 70.5 cm³/mol. The van der Waals surface area contributed by atoms with Crippen molar-refractivity contribution in [1.29, 1.82) is 0 Å². The van der Waals surface area contributed by atoms with E-state index in [0.717, 1.165) is 29.7 Å². The standard InChI is InChI=1S/C15H29N/c1-11(2)14-8-15(9-14)16-10-13-7-5-4-6-12(13)3/h11-16H,4-10H2,1-3H3. The largest absolute Gasteiger partial charge is 0.314 e. The number of hydrogen-bond donors (Lipinski definition) is 1. The molecule has 0 aromatic rings. The highest BCUT2D eigenvalue weighted by atomic mass is 14.9. The Morgan fingerprint density at radius 3 is 2.44 bits per heavy atom. The van der Waals surface area contributed by atoms with Crippen molar-refractivity contribution in [3.63, 3.8) is 0 Å². The van der Waals surface area contributed by atoms with Crippen molar-refractivity contribution in [2.45, 2.75) is 65.3 Å². The lowest BCUT2D eigenvalue weighted by Crippen LogP contribution is -2.45. The van der Waals surface area contributed by atoms with Gasteiger partial charge in [-0.25, -0.2) is 0 Å². The summed E-state index contributed by atoms with van der Waals surface area (Å²) in [6.45, 7) is 8.47. The van der Waals surface area contributed by atoms with E-state index < -0.39 is 0 Å². The summed E-state index contributed by atoms with van der Waals surface area (Å²) in [7, 11) is 0. The lowest BCUT2D eigenvalue weighted by atomic mass is 9.73. The monoisotopic (exact) mass is 223 g/mol. The van der Waals surface area contributed by atoms with Gasteiger partial charge in [-0.05, 0) is 49.5 Å². The average Bonchev–Trinajstić information content (AvgIpc) is 2.17. The van der Waals surface area contributed by atoms with Gasteiger partial charge in [-0.15, -0.1) is 0 Å². The molecule has 1 nitrogen and oxygen atoms in total. The predicted octanol–water partition coefficient (Wildman–Crippen LogP) is 3.84. The van der Waals surface area contributed by atoms with Crippen molar-refractivity contribution < 1.29 is 0 Å². The van der Waals surface area contributed by atoms with Crippen LogP contribution in [-0.2, 0) is 0 Å². The lowest BCUT2D eigenvalue weighted by molar-refractivity contribution is 0.151. The van der Waals surface area contributed by atoms with Crippen molar-refractivity contribution in [3.05, 3.63) is 0 Å². The molecule has 0 aromatic carbocycles. The molecule has 2 rings (SSSR count). The third-order valence-corrected chi connectivity index (χ3v) is 5.08. The Hall–Kier alpha value is -0.0400. The smallest absolute Gasteiger partial charge is 0.00726 e. The van der Waals surface area contributed by atoms with Crippen LogP contribution in [0.4, 0.5) is 0 Å². The second-order valence-electron chi connectivity index (χ2n) is 6.60. The van der Waals surface area contributed by atoms with Crippen LogP contribution in [0.25, 0.3) is 0 Å². The van der Waals surface area contributed by atoms with Crippen molar-refractivity contribution in [3.8, 4) is 0 Å². The van der Waals surface area contributed by atoms with Crippen LogP contribution in [0.5, 0.6) is 0 Å². The molecule has 1 N–H and O–H groups in total. The molecule has 2 unspecified atom stereocenters. The highest BCUT2D eigenvalue weighted by Crippen LogP contribution is 2.34. The van der Waals surface area contributed by atoms with Gasteiger partial charge in [0, 0.05) is 6.04 Å². The maximum Gasteiger partial charge on any atom is 0.00726 e. The molecule has 2 atom stereocenters. The summed E-state index contributed by atoms with van der Waals surface area (Å²) in [5.41, 5.74) is 0. The van der Waals surface area contributed by atoms with Gasteiger partial charge in [0.2, 0.25) is 0 Å². The zero-order valence-corrected chi connectivity index (χ0v) is 11.3. The summed E-state index contributed by atoms with van der Waals surface area (Å²) in [5, 5.41) is 3.80. The molecule has 2 aliphatic carbocycles. The van der Waals surface area contributed by atoms with Crippen LogP contribution in [0.2, 0.25) is 0 Å². The first-order valence-corrected chi connectivity index (χ1v) is 7.40. The molecule has 2 aliphatic rings. The topological polar surface area (TPSA) is 12.0 Å². The summed E-state index contributed by atoms with van der Waals surface area (Å²) < 4.78 is 0. The molecule has 94 valence electrons. The normalized spacial score (nSPS) is 39.8. The number of rotatable bonds is 4. The fraction of sp³-hybridized carbons (Fsp3) is 1.00. The Balaban J connectivity index is 1.61. The van der Waals surface area contributed by atoms with Gasteiger partial charge in [-0.3, -0.25) is 0 Å². The van der Waals surface area contributed by atoms with E-state index in [2.05, 4.69) is 26.1 Å². The summed E-state index contributed by atoms with van der Waals surface area (Å²) in [6, 6.07) is 0.849. The summed E-state index contributed by atoms with van der Waals surface area (Å²) in [4.78, 5) is 0. The highest BCUT2D eigenvalue weighted by molar-refractivity contribution is 4.87. The third-order valence-electron chi connectivity index (χ3n) is 5.08. The second-order valence-corrected chi connectivity index (χ2v) is 6.60. The van der Waals surface area contributed by atoms with Crippen molar-refractivity contribution in [1.82, 2.24) is 5.32 Å². The molecule has 16 heavy (non-hydrogen) atoms. The van der Waals surface area contributed by atoms with E-state index in [9.17, 15) is 0 Å². The number of nitrogens with one attached hydrogen (secondary N) is 1.